The molecule has 0 aliphatic heterocycles. The van der Waals surface area contributed by atoms with Gasteiger partial charge in [-0.05, 0) is 30.2 Å². The van der Waals surface area contributed by atoms with E-state index < -0.39 is 11.8 Å². The van der Waals surface area contributed by atoms with E-state index in [-0.39, 0.29) is 10.7 Å². The molecule has 0 atom stereocenters. The van der Waals surface area contributed by atoms with E-state index in [1.165, 1.54) is 5.56 Å². The Bertz CT molecular complexity index is 669. The Balaban J connectivity index is 2.24. The van der Waals surface area contributed by atoms with Crippen molar-refractivity contribution in [1.82, 2.24) is 4.98 Å². The van der Waals surface area contributed by atoms with Crippen molar-refractivity contribution in [3.05, 3.63) is 63.9 Å². The quantitative estimate of drug-likeness (QED) is 0.591. The van der Waals surface area contributed by atoms with Crippen LogP contribution in [-0.2, 0) is 6.42 Å². The van der Waals surface area contributed by atoms with Crippen molar-refractivity contribution in [3.63, 3.8) is 0 Å². The molecule has 1 nitrogen and oxygen atoms in total. The van der Waals surface area contributed by atoms with E-state index in [0.717, 1.165) is 24.5 Å². The monoisotopic (exact) mass is 291 g/mol. The molecule has 2 aromatic rings. The highest BCUT2D eigenvalue weighted by atomic mass is 35.5. The number of nitrogens with zero attached hydrogens (tertiary/aromatic N) is 1. The zero-order valence-electron chi connectivity index (χ0n) is 10.9. The normalized spacial score (nSPS) is 10.0. The lowest BCUT2D eigenvalue weighted by atomic mass is 10.1. The second kappa shape index (κ2) is 6.49. The molecule has 1 heterocycles. The fourth-order valence-corrected chi connectivity index (χ4v) is 1.89. The summed E-state index contributed by atoms with van der Waals surface area (Å²) in [6, 6.07) is 8.72. The maximum Gasteiger partial charge on any atom is 0.250 e. The Morgan fingerprint density at radius 3 is 2.50 bits per heavy atom. The minimum Gasteiger partial charge on any atom is -0.204 e. The molecule has 4 heteroatoms. The number of hydrogen-bond donors (Lipinski definition) is 0. The molecule has 0 spiro atoms. The van der Waals surface area contributed by atoms with Gasteiger partial charge in [0.2, 0.25) is 5.95 Å². The molecule has 0 radical (unpaired) electrons. The lowest BCUT2D eigenvalue weighted by Crippen LogP contribution is -1.93. The molecule has 20 heavy (non-hydrogen) atoms. The van der Waals surface area contributed by atoms with Crippen LogP contribution in [0.15, 0.2) is 30.3 Å². The van der Waals surface area contributed by atoms with Crippen LogP contribution >= 0.6 is 11.6 Å². The number of halogens is 3. The van der Waals surface area contributed by atoms with E-state index in [1.807, 2.05) is 24.3 Å². The molecule has 0 saturated heterocycles. The second-order valence-corrected chi connectivity index (χ2v) is 4.65. The van der Waals surface area contributed by atoms with Gasteiger partial charge in [-0.3, -0.25) is 0 Å². The third kappa shape index (κ3) is 3.55. The van der Waals surface area contributed by atoms with Crippen LogP contribution in [0.4, 0.5) is 8.78 Å². The second-order valence-electron chi connectivity index (χ2n) is 4.30. The predicted molar refractivity (Wildman–Crippen MR) is 75.6 cm³/mol. The van der Waals surface area contributed by atoms with Crippen LogP contribution in [0.5, 0.6) is 0 Å². The van der Waals surface area contributed by atoms with E-state index in [4.69, 9.17) is 11.6 Å². The van der Waals surface area contributed by atoms with Gasteiger partial charge in [0.15, 0.2) is 5.82 Å². The van der Waals surface area contributed by atoms with Gasteiger partial charge >= 0.3 is 0 Å². The van der Waals surface area contributed by atoms with Crippen molar-refractivity contribution < 1.29 is 8.78 Å². The average Bonchev–Trinajstić information content (AvgIpc) is 2.43. The third-order valence-electron chi connectivity index (χ3n) is 2.72. The van der Waals surface area contributed by atoms with E-state index in [1.54, 1.807) is 0 Å². The first-order valence-electron chi connectivity index (χ1n) is 6.22. The SMILES string of the molecule is CCCc1ccc(C#Cc2cc(F)c(F)nc2Cl)cc1. The van der Waals surface area contributed by atoms with Gasteiger partial charge in [0, 0.05) is 5.56 Å². The van der Waals surface area contributed by atoms with Gasteiger partial charge < -0.3 is 0 Å². The fourth-order valence-electron chi connectivity index (χ4n) is 1.72. The number of benzene rings is 1. The number of aromatic nitrogens is 1. The summed E-state index contributed by atoms with van der Waals surface area (Å²) in [6.45, 7) is 2.12. The standard InChI is InChI=1S/C16H12ClF2N/c1-2-3-11-4-6-12(7-5-11)8-9-13-10-14(18)16(19)20-15(13)17/h4-7,10H,2-3H2,1H3. The molecule has 0 N–H and O–H groups in total. The third-order valence-corrected chi connectivity index (χ3v) is 3.01. The largest absolute Gasteiger partial charge is 0.250 e. The van der Waals surface area contributed by atoms with Crippen LogP contribution in [0.3, 0.4) is 0 Å². The van der Waals surface area contributed by atoms with Crippen LogP contribution < -0.4 is 0 Å². The number of pyridine rings is 1. The van der Waals surface area contributed by atoms with Crippen molar-refractivity contribution in [3.8, 4) is 11.8 Å². The predicted octanol–water partition coefficient (Wildman–Crippen LogP) is 4.37. The van der Waals surface area contributed by atoms with E-state index in [2.05, 4.69) is 23.7 Å². The van der Waals surface area contributed by atoms with Crippen molar-refractivity contribution in [2.24, 2.45) is 0 Å². The Labute approximate surface area is 121 Å². The molecule has 0 fully saturated rings. The van der Waals surface area contributed by atoms with Crippen molar-refractivity contribution in [2.45, 2.75) is 19.8 Å². The highest BCUT2D eigenvalue weighted by Crippen LogP contribution is 2.15. The number of hydrogen-bond acceptors (Lipinski definition) is 1. The minimum absolute atomic E-state index is 0.140. The summed E-state index contributed by atoms with van der Waals surface area (Å²) in [5, 5.41) is -0.140. The molecule has 2 rings (SSSR count). The summed E-state index contributed by atoms with van der Waals surface area (Å²) in [5.74, 6) is 3.28. The minimum atomic E-state index is -1.22. The first-order chi connectivity index (χ1) is 9.60. The van der Waals surface area contributed by atoms with Gasteiger partial charge in [0.05, 0.1) is 5.56 Å². The van der Waals surface area contributed by atoms with Crippen LogP contribution in [-0.4, -0.2) is 4.98 Å². The lowest BCUT2D eigenvalue weighted by Gasteiger charge is -1.98. The van der Waals surface area contributed by atoms with E-state index in [9.17, 15) is 8.78 Å². The molecule has 102 valence electrons. The fraction of sp³-hybridized carbons (Fsp3) is 0.188. The van der Waals surface area contributed by atoms with Gasteiger partial charge in [0.25, 0.3) is 0 Å². The highest BCUT2D eigenvalue weighted by Gasteiger charge is 2.08. The van der Waals surface area contributed by atoms with Crippen molar-refractivity contribution >= 4 is 11.6 Å². The Morgan fingerprint density at radius 1 is 1.15 bits per heavy atom. The highest BCUT2D eigenvalue weighted by molar-refractivity contribution is 6.30. The van der Waals surface area contributed by atoms with Gasteiger partial charge in [-0.1, -0.05) is 48.9 Å². The molecular weight excluding hydrogens is 280 g/mol. The zero-order valence-corrected chi connectivity index (χ0v) is 11.6. The summed E-state index contributed by atoms with van der Waals surface area (Å²) in [7, 11) is 0. The van der Waals surface area contributed by atoms with Crippen molar-refractivity contribution in [1.29, 1.82) is 0 Å². The number of rotatable bonds is 2. The smallest absolute Gasteiger partial charge is 0.204 e. The summed E-state index contributed by atoms with van der Waals surface area (Å²) < 4.78 is 25.9. The molecule has 1 aromatic carbocycles. The van der Waals surface area contributed by atoms with Gasteiger partial charge in [-0.15, -0.1) is 0 Å². The molecule has 0 amide bonds. The summed E-state index contributed by atoms with van der Waals surface area (Å²) in [5.41, 5.74) is 2.19. The summed E-state index contributed by atoms with van der Waals surface area (Å²) >= 11 is 5.71. The van der Waals surface area contributed by atoms with Gasteiger partial charge in [-0.2, -0.15) is 4.39 Å². The first kappa shape index (κ1) is 14.5. The van der Waals surface area contributed by atoms with E-state index >= 15 is 0 Å². The lowest BCUT2D eigenvalue weighted by molar-refractivity contribution is 0.479. The molecule has 0 aliphatic rings. The zero-order chi connectivity index (χ0) is 14.5. The summed E-state index contributed by atoms with van der Waals surface area (Å²) in [6.07, 6.45) is 2.10. The molecule has 0 unspecified atom stereocenters. The molecule has 0 saturated carbocycles. The van der Waals surface area contributed by atoms with E-state index in [0.29, 0.717) is 0 Å². The van der Waals surface area contributed by atoms with Crippen molar-refractivity contribution in [2.75, 3.05) is 0 Å². The van der Waals surface area contributed by atoms with Gasteiger partial charge in [0.1, 0.15) is 5.15 Å². The molecule has 0 aliphatic carbocycles. The Hall–Kier alpha value is -1.92. The molecular formula is C16H12ClF2N. The van der Waals surface area contributed by atoms with Crippen LogP contribution in [0.2, 0.25) is 5.15 Å². The molecule has 0 bridgehead atoms. The average molecular weight is 292 g/mol. The molecule has 1 aromatic heterocycles. The van der Waals surface area contributed by atoms with Crippen LogP contribution in [0.1, 0.15) is 30.0 Å². The Morgan fingerprint density at radius 2 is 1.85 bits per heavy atom. The van der Waals surface area contributed by atoms with Crippen LogP contribution in [0.25, 0.3) is 0 Å². The maximum absolute atomic E-state index is 13.1. The number of aryl methyl sites for hydroxylation is 1. The summed E-state index contributed by atoms with van der Waals surface area (Å²) in [4.78, 5) is 3.25. The maximum atomic E-state index is 13.1. The Kier molecular flexibility index (Phi) is 4.70. The topological polar surface area (TPSA) is 12.9 Å². The first-order valence-corrected chi connectivity index (χ1v) is 6.60. The van der Waals surface area contributed by atoms with Crippen LogP contribution in [0, 0.1) is 23.6 Å². The van der Waals surface area contributed by atoms with Gasteiger partial charge in [-0.25, -0.2) is 9.37 Å².